The second-order valence-electron chi connectivity index (χ2n) is 6.61. The van der Waals surface area contributed by atoms with Crippen LogP contribution in [0, 0.1) is 5.92 Å². The van der Waals surface area contributed by atoms with E-state index in [1.54, 1.807) is 0 Å². The third-order valence-corrected chi connectivity index (χ3v) is 5.22. The Bertz CT molecular complexity index is 321. The monoisotopic (exact) mass is 281 g/mol. The molecule has 0 aromatic carbocycles. The van der Waals surface area contributed by atoms with Gasteiger partial charge in [0.1, 0.15) is 0 Å². The van der Waals surface area contributed by atoms with Gasteiger partial charge in [-0.15, -0.1) is 0 Å². The molecular weight excluding hydrogens is 250 g/mol. The highest BCUT2D eigenvalue weighted by Crippen LogP contribution is 2.26. The third-order valence-electron chi connectivity index (χ3n) is 5.22. The van der Waals surface area contributed by atoms with Gasteiger partial charge in [0.2, 0.25) is 5.91 Å². The van der Waals surface area contributed by atoms with E-state index in [2.05, 4.69) is 11.8 Å². The lowest BCUT2D eigenvalue weighted by atomic mass is 9.83. The Morgan fingerprint density at radius 2 is 2.00 bits per heavy atom. The molecule has 1 saturated heterocycles. The van der Waals surface area contributed by atoms with Gasteiger partial charge in [0.05, 0.1) is 0 Å². The van der Waals surface area contributed by atoms with E-state index in [1.165, 1.54) is 32.2 Å². The fourth-order valence-corrected chi connectivity index (χ4v) is 3.81. The Hall–Kier alpha value is -0.610. The highest BCUT2D eigenvalue weighted by atomic mass is 16.2. The van der Waals surface area contributed by atoms with Crippen LogP contribution in [0.4, 0.5) is 0 Å². The minimum atomic E-state index is 0.236. The van der Waals surface area contributed by atoms with Crippen LogP contribution in [0.5, 0.6) is 0 Å². The molecule has 1 saturated carbocycles. The number of likely N-dealkylation sites (N-methyl/N-ethyl adjacent to an activating group) is 2. The summed E-state index contributed by atoms with van der Waals surface area (Å²) >= 11 is 0. The van der Waals surface area contributed by atoms with E-state index in [1.807, 2.05) is 11.9 Å². The smallest absolute Gasteiger partial charge is 0.222 e. The lowest BCUT2D eigenvalue weighted by Gasteiger charge is -2.31. The van der Waals surface area contributed by atoms with E-state index in [-0.39, 0.29) is 11.9 Å². The summed E-state index contributed by atoms with van der Waals surface area (Å²) in [6.45, 7) is 5.38. The molecular formula is C16H31N3O. The molecule has 0 spiro atoms. The zero-order valence-corrected chi connectivity index (χ0v) is 13.2. The van der Waals surface area contributed by atoms with Crippen molar-refractivity contribution >= 4 is 5.91 Å². The summed E-state index contributed by atoms with van der Waals surface area (Å²) in [4.78, 5) is 16.8. The average Bonchev–Trinajstić information content (AvgIpc) is 2.88. The van der Waals surface area contributed by atoms with Gasteiger partial charge in [0, 0.05) is 32.1 Å². The van der Waals surface area contributed by atoms with Crippen LogP contribution in [0.25, 0.3) is 0 Å². The first-order valence-corrected chi connectivity index (χ1v) is 8.35. The van der Waals surface area contributed by atoms with Gasteiger partial charge in [-0.3, -0.25) is 9.69 Å². The first-order chi connectivity index (χ1) is 9.61. The van der Waals surface area contributed by atoms with Crippen LogP contribution in [0.2, 0.25) is 0 Å². The Labute approximate surface area is 123 Å². The summed E-state index contributed by atoms with van der Waals surface area (Å²) in [6.07, 6.45) is 7.84. The molecule has 3 unspecified atom stereocenters. The van der Waals surface area contributed by atoms with E-state index in [9.17, 15) is 4.79 Å². The molecule has 4 heteroatoms. The summed E-state index contributed by atoms with van der Waals surface area (Å²) in [7, 11) is 1.96. The topological polar surface area (TPSA) is 49.6 Å². The molecule has 0 bridgehead atoms. The van der Waals surface area contributed by atoms with Crippen LogP contribution in [-0.2, 0) is 4.79 Å². The molecule has 3 atom stereocenters. The summed E-state index contributed by atoms with van der Waals surface area (Å²) in [5, 5.41) is 0. The van der Waals surface area contributed by atoms with Gasteiger partial charge in [-0.05, 0) is 44.7 Å². The quantitative estimate of drug-likeness (QED) is 0.836. The standard InChI is InChI=1S/C16H31N3O/c1-3-19-10-6-8-14(19)12-18(2)16(20)11-13-7-4-5-9-15(13)17/h13-15H,3-12,17H2,1-2H3. The van der Waals surface area contributed by atoms with Gasteiger partial charge in [-0.2, -0.15) is 0 Å². The maximum atomic E-state index is 12.4. The first-order valence-electron chi connectivity index (χ1n) is 8.35. The molecule has 1 aliphatic carbocycles. The summed E-state index contributed by atoms with van der Waals surface area (Å²) < 4.78 is 0. The Balaban J connectivity index is 1.79. The lowest BCUT2D eigenvalue weighted by molar-refractivity contribution is -0.131. The Kier molecular flexibility index (Phi) is 5.85. The molecule has 116 valence electrons. The van der Waals surface area contributed by atoms with Crippen LogP contribution < -0.4 is 5.73 Å². The Morgan fingerprint density at radius 1 is 1.25 bits per heavy atom. The summed E-state index contributed by atoms with van der Waals surface area (Å²) in [6, 6.07) is 0.800. The molecule has 4 nitrogen and oxygen atoms in total. The molecule has 2 N–H and O–H groups in total. The van der Waals surface area contributed by atoms with Crippen molar-refractivity contribution in [1.29, 1.82) is 0 Å². The van der Waals surface area contributed by atoms with Crippen LogP contribution in [-0.4, -0.2) is 54.5 Å². The maximum absolute atomic E-state index is 12.4. The summed E-state index contributed by atoms with van der Waals surface area (Å²) in [5.41, 5.74) is 6.16. The van der Waals surface area contributed by atoms with Gasteiger partial charge in [-0.1, -0.05) is 19.8 Å². The molecule has 0 aromatic rings. The molecule has 1 heterocycles. The predicted molar refractivity (Wildman–Crippen MR) is 82.5 cm³/mol. The van der Waals surface area contributed by atoms with Crippen molar-refractivity contribution in [3.63, 3.8) is 0 Å². The van der Waals surface area contributed by atoms with Crippen molar-refractivity contribution in [2.24, 2.45) is 11.7 Å². The zero-order chi connectivity index (χ0) is 14.5. The number of carbonyl (C=O) groups excluding carboxylic acids is 1. The van der Waals surface area contributed by atoms with Gasteiger partial charge >= 0.3 is 0 Å². The number of carbonyl (C=O) groups is 1. The molecule has 1 amide bonds. The molecule has 20 heavy (non-hydrogen) atoms. The van der Waals surface area contributed by atoms with Crippen molar-refractivity contribution < 1.29 is 4.79 Å². The van der Waals surface area contributed by atoms with E-state index >= 15 is 0 Å². The molecule has 0 radical (unpaired) electrons. The van der Waals surface area contributed by atoms with Crippen molar-refractivity contribution in [2.45, 2.75) is 64.0 Å². The number of hydrogen-bond acceptors (Lipinski definition) is 3. The maximum Gasteiger partial charge on any atom is 0.222 e. The van der Waals surface area contributed by atoms with Crippen LogP contribution in [0.15, 0.2) is 0 Å². The van der Waals surface area contributed by atoms with Gasteiger partial charge < -0.3 is 10.6 Å². The SMILES string of the molecule is CCN1CCCC1CN(C)C(=O)CC1CCCCC1N. The lowest BCUT2D eigenvalue weighted by Crippen LogP contribution is -2.43. The zero-order valence-electron chi connectivity index (χ0n) is 13.2. The minimum absolute atomic E-state index is 0.236. The van der Waals surface area contributed by atoms with Crippen molar-refractivity contribution in [1.82, 2.24) is 9.80 Å². The summed E-state index contributed by atoms with van der Waals surface area (Å²) in [5.74, 6) is 0.694. The van der Waals surface area contributed by atoms with E-state index < -0.39 is 0 Å². The average molecular weight is 281 g/mol. The minimum Gasteiger partial charge on any atom is -0.344 e. The predicted octanol–water partition coefficient (Wildman–Crippen LogP) is 1.84. The number of likely N-dealkylation sites (tertiary alicyclic amines) is 1. The van der Waals surface area contributed by atoms with Crippen LogP contribution in [0.1, 0.15) is 51.9 Å². The molecule has 1 aliphatic heterocycles. The largest absolute Gasteiger partial charge is 0.344 e. The molecule has 2 fully saturated rings. The number of amides is 1. The number of hydrogen-bond donors (Lipinski definition) is 1. The van der Waals surface area contributed by atoms with Crippen LogP contribution >= 0.6 is 0 Å². The van der Waals surface area contributed by atoms with E-state index in [0.717, 1.165) is 25.9 Å². The highest BCUT2D eigenvalue weighted by molar-refractivity contribution is 5.76. The first kappa shape index (κ1) is 15.8. The highest BCUT2D eigenvalue weighted by Gasteiger charge is 2.28. The van der Waals surface area contributed by atoms with E-state index in [4.69, 9.17) is 5.73 Å². The van der Waals surface area contributed by atoms with Crippen molar-refractivity contribution in [2.75, 3.05) is 26.7 Å². The van der Waals surface area contributed by atoms with Crippen molar-refractivity contribution in [3.8, 4) is 0 Å². The van der Waals surface area contributed by atoms with E-state index in [0.29, 0.717) is 18.4 Å². The second-order valence-corrected chi connectivity index (χ2v) is 6.61. The number of nitrogens with two attached hydrogens (primary N) is 1. The second kappa shape index (κ2) is 7.41. The Morgan fingerprint density at radius 3 is 2.70 bits per heavy atom. The fourth-order valence-electron chi connectivity index (χ4n) is 3.81. The number of rotatable bonds is 5. The molecule has 0 aromatic heterocycles. The third kappa shape index (κ3) is 3.95. The van der Waals surface area contributed by atoms with Gasteiger partial charge in [-0.25, -0.2) is 0 Å². The fraction of sp³-hybridized carbons (Fsp3) is 0.938. The van der Waals surface area contributed by atoms with Crippen molar-refractivity contribution in [3.05, 3.63) is 0 Å². The van der Waals surface area contributed by atoms with Gasteiger partial charge in [0.15, 0.2) is 0 Å². The normalized spacial score (nSPS) is 31.4. The molecule has 2 aliphatic rings. The van der Waals surface area contributed by atoms with Crippen LogP contribution in [0.3, 0.4) is 0 Å². The number of nitrogens with zero attached hydrogens (tertiary/aromatic N) is 2. The molecule has 2 rings (SSSR count). The van der Waals surface area contributed by atoms with Gasteiger partial charge in [0.25, 0.3) is 0 Å².